The molecule has 1 heterocycles. The van der Waals surface area contributed by atoms with Crippen molar-refractivity contribution in [2.75, 3.05) is 13.1 Å². The Labute approximate surface area is 71.6 Å². The summed E-state index contributed by atoms with van der Waals surface area (Å²) in [6.07, 6.45) is 2.77. The lowest BCUT2D eigenvalue weighted by Gasteiger charge is -1.87. The lowest BCUT2D eigenvalue weighted by Crippen LogP contribution is -2.10. The molecule has 2 fully saturated rings. The molecule has 0 spiro atoms. The van der Waals surface area contributed by atoms with Gasteiger partial charge in [0, 0.05) is 0 Å². The first kappa shape index (κ1) is 11.0. The average molecular weight is 157 g/mol. The lowest BCUT2D eigenvalue weighted by atomic mass is 10.4. The maximum atomic E-state index is 3.32. The molecule has 0 amide bonds. The fourth-order valence-corrected chi connectivity index (χ4v) is 1.26. The first-order valence-corrected chi connectivity index (χ1v) is 5.09. The van der Waals surface area contributed by atoms with E-state index in [-0.39, 0.29) is 0 Å². The van der Waals surface area contributed by atoms with E-state index in [0.717, 1.165) is 11.8 Å². The van der Waals surface area contributed by atoms with Crippen LogP contribution in [0.4, 0.5) is 0 Å². The summed E-state index contributed by atoms with van der Waals surface area (Å²) >= 11 is 0. The van der Waals surface area contributed by atoms with Gasteiger partial charge in [-0.25, -0.2) is 0 Å². The molecular weight excluding hydrogens is 134 g/mol. The van der Waals surface area contributed by atoms with Crippen molar-refractivity contribution in [2.45, 2.75) is 40.5 Å². The molecule has 11 heavy (non-hydrogen) atoms. The van der Waals surface area contributed by atoms with Crippen LogP contribution in [-0.4, -0.2) is 13.1 Å². The van der Waals surface area contributed by atoms with E-state index in [1.165, 1.54) is 25.9 Å². The Morgan fingerprint density at radius 2 is 1.45 bits per heavy atom. The van der Waals surface area contributed by atoms with Crippen molar-refractivity contribution in [1.29, 1.82) is 0 Å². The van der Waals surface area contributed by atoms with Gasteiger partial charge in [0.2, 0.25) is 0 Å². The third-order valence-electron chi connectivity index (χ3n) is 1.88. The Bertz CT molecular complexity index is 72.9. The minimum atomic E-state index is 1.10. The SMILES string of the molecule is C1NCC2CC12.CC.CCC. The van der Waals surface area contributed by atoms with Crippen LogP contribution in [0.25, 0.3) is 0 Å². The summed E-state index contributed by atoms with van der Waals surface area (Å²) in [5, 5.41) is 3.32. The molecule has 0 aromatic heterocycles. The van der Waals surface area contributed by atoms with Gasteiger partial charge in [-0.3, -0.25) is 0 Å². The summed E-state index contributed by atoms with van der Waals surface area (Å²) in [6.45, 7) is 10.9. The highest BCUT2D eigenvalue weighted by molar-refractivity contribution is 4.94. The molecule has 1 nitrogen and oxygen atoms in total. The molecule has 1 heteroatoms. The molecule has 1 saturated carbocycles. The molecule has 2 unspecified atom stereocenters. The molecule has 68 valence electrons. The van der Waals surface area contributed by atoms with Crippen LogP contribution in [0.2, 0.25) is 0 Å². The highest BCUT2D eigenvalue weighted by Crippen LogP contribution is 2.40. The molecule has 2 aliphatic rings. The van der Waals surface area contributed by atoms with Gasteiger partial charge in [0.1, 0.15) is 0 Å². The van der Waals surface area contributed by atoms with Gasteiger partial charge in [0.15, 0.2) is 0 Å². The highest BCUT2D eigenvalue weighted by Gasteiger charge is 2.40. The van der Waals surface area contributed by atoms with Crippen molar-refractivity contribution in [3.63, 3.8) is 0 Å². The van der Waals surface area contributed by atoms with Crippen molar-refractivity contribution in [3.8, 4) is 0 Å². The maximum absolute atomic E-state index is 3.32. The van der Waals surface area contributed by atoms with Crippen molar-refractivity contribution in [1.82, 2.24) is 5.32 Å². The van der Waals surface area contributed by atoms with E-state index in [0.29, 0.717) is 0 Å². The van der Waals surface area contributed by atoms with Gasteiger partial charge in [-0.15, -0.1) is 0 Å². The zero-order valence-electron chi connectivity index (χ0n) is 8.48. The molecule has 2 atom stereocenters. The summed E-state index contributed by atoms with van der Waals surface area (Å²) in [6, 6.07) is 0. The Morgan fingerprint density at radius 3 is 1.55 bits per heavy atom. The summed E-state index contributed by atoms with van der Waals surface area (Å²) in [5.41, 5.74) is 0. The van der Waals surface area contributed by atoms with Gasteiger partial charge in [-0.1, -0.05) is 34.1 Å². The Kier molecular flexibility index (Phi) is 6.63. The van der Waals surface area contributed by atoms with Crippen molar-refractivity contribution < 1.29 is 0 Å². The molecule has 1 N–H and O–H groups in total. The minimum absolute atomic E-state index is 1.10. The van der Waals surface area contributed by atoms with Crippen LogP contribution in [0.3, 0.4) is 0 Å². The third kappa shape index (κ3) is 4.41. The molecular formula is C10H23N. The minimum Gasteiger partial charge on any atom is -0.316 e. The van der Waals surface area contributed by atoms with Crippen LogP contribution in [0, 0.1) is 11.8 Å². The maximum Gasteiger partial charge on any atom is -0.00172 e. The quantitative estimate of drug-likeness (QED) is 0.570. The van der Waals surface area contributed by atoms with Crippen LogP contribution in [0.15, 0.2) is 0 Å². The third-order valence-corrected chi connectivity index (χ3v) is 1.88. The predicted octanol–water partition coefficient (Wildman–Crippen LogP) is 2.67. The molecule has 1 aliphatic carbocycles. The van der Waals surface area contributed by atoms with Crippen molar-refractivity contribution in [3.05, 3.63) is 0 Å². The fraction of sp³-hybridized carbons (Fsp3) is 1.00. The van der Waals surface area contributed by atoms with E-state index in [2.05, 4.69) is 19.2 Å². The fourth-order valence-electron chi connectivity index (χ4n) is 1.26. The molecule has 2 rings (SSSR count). The zero-order valence-corrected chi connectivity index (χ0v) is 8.48. The Morgan fingerprint density at radius 1 is 1.09 bits per heavy atom. The van der Waals surface area contributed by atoms with Gasteiger partial charge in [0.25, 0.3) is 0 Å². The molecule has 0 radical (unpaired) electrons. The second-order valence-electron chi connectivity index (χ2n) is 3.12. The topological polar surface area (TPSA) is 12.0 Å². The van der Waals surface area contributed by atoms with E-state index in [1.807, 2.05) is 13.8 Å². The molecule has 0 bridgehead atoms. The number of nitrogens with one attached hydrogen (secondary N) is 1. The number of rotatable bonds is 0. The number of hydrogen-bond acceptors (Lipinski definition) is 1. The van der Waals surface area contributed by atoms with E-state index < -0.39 is 0 Å². The van der Waals surface area contributed by atoms with E-state index in [4.69, 9.17) is 0 Å². The highest BCUT2D eigenvalue weighted by atomic mass is 14.9. The first-order chi connectivity index (χ1) is 5.38. The van der Waals surface area contributed by atoms with Crippen molar-refractivity contribution >= 4 is 0 Å². The van der Waals surface area contributed by atoms with E-state index in [1.54, 1.807) is 0 Å². The smallest absolute Gasteiger partial charge is 0.00172 e. The number of piperidine rings is 1. The summed E-state index contributed by atoms with van der Waals surface area (Å²) in [7, 11) is 0. The zero-order chi connectivity index (χ0) is 8.69. The van der Waals surface area contributed by atoms with E-state index in [9.17, 15) is 0 Å². The molecule has 1 aliphatic heterocycles. The largest absolute Gasteiger partial charge is 0.316 e. The average Bonchev–Trinajstić information content (AvgIpc) is 2.65. The monoisotopic (exact) mass is 157 g/mol. The Balaban J connectivity index is 0.000000176. The van der Waals surface area contributed by atoms with Gasteiger partial charge < -0.3 is 5.32 Å². The van der Waals surface area contributed by atoms with Gasteiger partial charge in [-0.05, 0) is 31.3 Å². The van der Waals surface area contributed by atoms with Crippen molar-refractivity contribution in [2.24, 2.45) is 11.8 Å². The lowest BCUT2D eigenvalue weighted by molar-refractivity contribution is 0.732. The predicted molar refractivity (Wildman–Crippen MR) is 51.8 cm³/mol. The van der Waals surface area contributed by atoms with Gasteiger partial charge in [-0.2, -0.15) is 0 Å². The molecule has 0 aromatic rings. The molecule has 1 saturated heterocycles. The summed E-state index contributed by atoms with van der Waals surface area (Å²) < 4.78 is 0. The van der Waals surface area contributed by atoms with Crippen LogP contribution in [0.5, 0.6) is 0 Å². The van der Waals surface area contributed by atoms with E-state index >= 15 is 0 Å². The normalized spacial score (nSPS) is 30.5. The standard InChI is InChI=1S/C5H9N.C3H8.C2H6/c1-4-2-6-3-5(1)4;1-3-2;1-2/h4-6H,1-3H2;3H2,1-2H3;1-2H3. The second kappa shape index (κ2) is 6.66. The summed E-state index contributed by atoms with van der Waals surface area (Å²) in [5.74, 6) is 2.20. The van der Waals surface area contributed by atoms with Crippen LogP contribution in [0.1, 0.15) is 40.5 Å². The van der Waals surface area contributed by atoms with Crippen LogP contribution >= 0.6 is 0 Å². The van der Waals surface area contributed by atoms with Gasteiger partial charge >= 0.3 is 0 Å². The number of hydrogen-bond donors (Lipinski definition) is 1. The van der Waals surface area contributed by atoms with Gasteiger partial charge in [0.05, 0.1) is 0 Å². The summed E-state index contributed by atoms with van der Waals surface area (Å²) in [4.78, 5) is 0. The van der Waals surface area contributed by atoms with Crippen LogP contribution < -0.4 is 5.32 Å². The second-order valence-corrected chi connectivity index (χ2v) is 3.12. The van der Waals surface area contributed by atoms with Crippen LogP contribution in [-0.2, 0) is 0 Å². The Hall–Kier alpha value is -0.0400. The molecule has 0 aromatic carbocycles. The number of fused-ring (bicyclic) bond motifs is 1. The first-order valence-electron chi connectivity index (χ1n) is 5.09.